The molecule has 2 N–H and O–H groups in total. The minimum absolute atomic E-state index is 0.0198. The average molecular weight is 530 g/mol. The molecule has 0 bridgehead atoms. The summed E-state index contributed by atoms with van der Waals surface area (Å²) >= 11 is 0. The van der Waals surface area contributed by atoms with E-state index < -0.39 is 47.0 Å². The van der Waals surface area contributed by atoms with E-state index in [4.69, 9.17) is 18.9 Å². The Balaban J connectivity index is 1.77. The first-order valence-corrected chi connectivity index (χ1v) is 10.6. The van der Waals surface area contributed by atoms with Gasteiger partial charge < -0.3 is 18.9 Å². The summed E-state index contributed by atoms with van der Waals surface area (Å²) < 4.78 is 77.8. The summed E-state index contributed by atoms with van der Waals surface area (Å²) in [6.07, 6.45) is 3.45. The van der Waals surface area contributed by atoms with Crippen LogP contribution in [0.2, 0.25) is 0 Å². The van der Waals surface area contributed by atoms with Gasteiger partial charge in [0.05, 0.1) is 5.70 Å². The standard InChI is InChI=1S/C26H18F4N2O6/c1-3-13-35-25(33)31-15-5-9-17(10-6-15)37-23-19(27)21(29)24(22(30)20(23)28)38-18-11-7-16(8-12-18)32-26(34)36-14-4-2/h3-7,9-11H,1-2,13-14H2,(H,31,33)(H,32,34). The third-order valence-electron chi connectivity index (χ3n) is 4.34. The number of hydrogen-bond donors (Lipinski definition) is 2. The van der Waals surface area contributed by atoms with Crippen molar-refractivity contribution < 1.29 is 46.1 Å². The Labute approximate surface area is 213 Å². The minimum atomic E-state index is -1.87. The van der Waals surface area contributed by atoms with Gasteiger partial charge in [-0.3, -0.25) is 10.6 Å². The zero-order valence-electron chi connectivity index (χ0n) is 19.4. The van der Waals surface area contributed by atoms with E-state index in [0.717, 1.165) is 6.08 Å². The van der Waals surface area contributed by atoms with E-state index in [0.29, 0.717) is 0 Å². The van der Waals surface area contributed by atoms with Crippen LogP contribution in [0.25, 0.3) is 0 Å². The minimum Gasteiger partial charge on any atom is -0.451 e. The molecule has 2 amide bonds. The Kier molecular flexibility index (Phi) is 9.15. The van der Waals surface area contributed by atoms with Crippen molar-refractivity contribution in [2.24, 2.45) is 0 Å². The molecule has 1 aliphatic rings. The van der Waals surface area contributed by atoms with E-state index >= 15 is 0 Å². The van der Waals surface area contributed by atoms with Crippen LogP contribution in [-0.4, -0.2) is 25.4 Å². The van der Waals surface area contributed by atoms with E-state index in [9.17, 15) is 27.2 Å². The maximum Gasteiger partial charge on any atom is 0.412 e. The number of alkyl carbamates (subject to hydrolysis) is 1. The fraction of sp³-hybridized carbons (Fsp3) is 0.0769. The highest BCUT2D eigenvalue weighted by Crippen LogP contribution is 2.38. The summed E-state index contributed by atoms with van der Waals surface area (Å²) in [5.74, 6) is -10.8. The maximum atomic E-state index is 14.6. The van der Waals surface area contributed by atoms with Crippen LogP contribution in [0.5, 0.6) is 17.2 Å². The number of rotatable bonds is 10. The summed E-state index contributed by atoms with van der Waals surface area (Å²) in [5, 5.41) is 4.67. The number of carbonyl (C=O) groups excluding carboxylic acids is 2. The quantitative estimate of drug-likeness (QED) is 0.166. The normalized spacial score (nSPS) is 11.6. The molecule has 0 spiro atoms. The lowest BCUT2D eigenvalue weighted by Gasteiger charge is -2.14. The highest BCUT2D eigenvalue weighted by molar-refractivity contribution is 5.84. The van der Waals surface area contributed by atoms with Crippen molar-refractivity contribution >= 4 is 17.9 Å². The fourth-order valence-corrected chi connectivity index (χ4v) is 2.68. The summed E-state index contributed by atoms with van der Waals surface area (Å²) in [5.41, 5.74) is 5.07. The number of allylic oxidation sites excluding steroid dienone is 2. The monoisotopic (exact) mass is 530 g/mol. The number of anilines is 1. The van der Waals surface area contributed by atoms with E-state index in [2.05, 4.69) is 35.3 Å². The molecule has 38 heavy (non-hydrogen) atoms. The van der Waals surface area contributed by atoms with E-state index in [1.165, 1.54) is 42.5 Å². The van der Waals surface area contributed by atoms with Gasteiger partial charge in [0, 0.05) is 5.69 Å². The lowest BCUT2D eigenvalue weighted by atomic mass is 10.2. The zero-order chi connectivity index (χ0) is 27.7. The van der Waals surface area contributed by atoms with Gasteiger partial charge in [0.15, 0.2) is 5.76 Å². The van der Waals surface area contributed by atoms with Crippen LogP contribution < -0.4 is 20.1 Å². The Hall–Kier alpha value is -5.18. The van der Waals surface area contributed by atoms with Crippen molar-refractivity contribution in [3.8, 4) is 17.2 Å². The van der Waals surface area contributed by atoms with E-state index in [1.54, 1.807) is 0 Å². The summed E-state index contributed by atoms with van der Waals surface area (Å²) in [6, 6.07) is 4.98. The number of amides is 2. The van der Waals surface area contributed by atoms with Crippen LogP contribution in [0.1, 0.15) is 0 Å². The Morgan fingerprint density at radius 1 is 0.763 bits per heavy atom. The largest absolute Gasteiger partial charge is 0.451 e. The second-order valence-corrected chi connectivity index (χ2v) is 7.03. The molecule has 0 unspecified atom stereocenters. The number of benzene rings is 2. The van der Waals surface area contributed by atoms with Crippen LogP contribution in [-0.2, 0) is 9.47 Å². The number of halogens is 4. The van der Waals surface area contributed by atoms with Gasteiger partial charge >= 0.3 is 12.2 Å². The van der Waals surface area contributed by atoms with Crippen LogP contribution in [0.3, 0.4) is 0 Å². The fourth-order valence-electron chi connectivity index (χ4n) is 2.68. The van der Waals surface area contributed by atoms with Gasteiger partial charge in [0.2, 0.25) is 34.8 Å². The molecule has 3 rings (SSSR count). The van der Waals surface area contributed by atoms with Crippen LogP contribution >= 0.6 is 0 Å². The first-order valence-electron chi connectivity index (χ1n) is 10.6. The van der Waals surface area contributed by atoms with Crippen molar-refractivity contribution in [2.45, 2.75) is 0 Å². The number of hydrogen-bond acceptors (Lipinski definition) is 6. The van der Waals surface area contributed by atoms with Crippen molar-refractivity contribution in [2.75, 3.05) is 18.5 Å². The molecule has 0 saturated carbocycles. The Morgan fingerprint density at radius 2 is 1.29 bits per heavy atom. The number of nitrogens with one attached hydrogen (secondary N) is 2. The lowest BCUT2D eigenvalue weighted by Crippen LogP contribution is -2.22. The van der Waals surface area contributed by atoms with Crippen molar-refractivity contribution in [1.29, 1.82) is 0 Å². The van der Waals surface area contributed by atoms with Crippen LogP contribution in [0.15, 0.2) is 84.6 Å². The molecule has 2 aromatic carbocycles. The topological polar surface area (TPSA) is 95.1 Å². The second-order valence-electron chi connectivity index (χ2n) is 7.03. The molecule has 1 aliphatic carbocycles. The molecule has 0 aromatic heterocycles. The van der Waals surface area contributed by atoms with E-state index in [1.807, 2.05) is 0 Å². The lowest BCUT2D eigenvalue weighted by molar-refractivity contribution is 0.161. The Morgan fingerprint density at radius 3 is 1.79 bits per heavy atom. The molecule has 0 radical (unpaired) electrons. The van der Waals surface area contributed by atoms with Crippen molar-refractivity contribution in [3.63, 3.8) is 0 Å². The molecule has 0 heterocycles. The molecular weight excluding hydrogens is 512 g/mol. The van der Waals surface area contributed by atoms with Crippen LogP contribution in [0, 0.1) is 23.3 Å². The van der Waals surface area contributed by atoms with Gasteiger partial charge in [-0.2, -0.15) is 17.6 Å². The SMILES string of the molecule is C=CCOC(=O)NC1=C=C=C(Oc2c(F)c(F)c(Oc3ccc(NC(=O)OCC=C)cc3)c(F)c2F)C=C1. The Bertz CT molecular complexity index is 1380. The molecule has 196 valence electrons. The average Bonchev–Trinajstić information content (AvgIpc) is 2.92. The van der Waals surface area contributed by atoms with Gasteiger partial charge in [-0.05, 0) is 47.9 Å². The van der Waals surface area contributed by atoms with Gasteiger partial charge in [-0.25, -0.2) is 9.59 Å². The van der Waals surface area contributed by atoms with Gasteiger partial charge in [0.1, 0.15) is 19.0 Å². The summed E-state index contributed by atoms with van der Waals surface area (Å²) in [6.45, 7) is 6.72. The third kappa shape index (κ3) is 6.94. The molecule has 0 aliphatic heterocycles. The molecule has 8 nitrogen and oxygen atoms in total. The third-order valence-corrected chi connectivity index (χ3v) is 4.34. The molecule has 0 atom stereocenters. The molecular formula is C26H18F4N2O6. The first kappa shape index (κ1) is 27.4. The smallest absolute Gasteiger partial charge is 0.412 e. The van der Waals surface area contributed by atoms with Gasteiger partial charge in [-0.15, -0.1) is 0 Å². The molecule has 12 heteroatoms. The first-order chi connectivity index (χ1) is 18.2. The molecule has 0 fully saturated rings. The summed E-state index contributed by atoms with van der Waals surface area (Å²) in [4.78, 5) is 23.0. The van der Waals surface area contributed by atoms with E-state index in [-0.39, 0.29) is 36.1 Å². The predicted molar refractivity (Wildman–Crippen MR) is 126 cm³/mol. The van der Waals surface area contributed by atoms with Gasteiger partial charge in [-0.1, -0.05) is 25.3 Å². The predicted octanol–water partition coefficient (Wildman–Crippen LogP) is 6.15. The maximum absolute atomic E-state index is 14.6. The molecule has 0 saturated heterocycles. The number of ether oxygens (including phenoxy) is 4. The molecule has 2 aromatic rings. The highest BCUT2D eigenvalue weighted by atomic mass is 19.2. The summed E-state index contributed by atoms with van der Waals surface area (Å²) in [7, 11) is 0. The van der Waals surface area contributed by atoms with Crippen molar-refractivity contribution in [3.05, 3.63) is 108 Å². The highest BCUT2D eigenvalue weighted by Gasteiger charge is 2.29. The zero-order valence-corrected chi connectivity index (χ0v) is 19.4. The second kappa shape index (κ2) is 12.7. The van der Waals surface area contributed by atoms with Crippen LogP contribution in [0.4, 0.5) is 32.8 Å². The number of carbonyl (C=O) groups is 2. The van der Waals surface area contributed by atoms with Crippen molar-refractivity contribution in [1.82, 2.24) is 5.32 Å². The van der Waals surface area contributed by atoms with Gasteiger partial charge in [0.25, 0.3) is 0 Å².